The molecule has 0 unspecified atom stereocenters. The van der Waals surface area contributed by atoms with Crippen molar-refractivity contribution in [2.45, 2.75) is 25.7 Å². The Hall–Kier alpha value is -5.12. The highest BCUT2D eigenvalue weighted by molar-refractivity contribution is 6.00. The van der Waals surface area contributed by atoms with Crippen LogP contribution < -0.4 is 10.1 Å². The van der Waals surface area contributed by atoms with Gasteiger partial charge < -0.3 is 15.0 Å². The molecule has 0 saturated heterocycles. The fourth-order valence-corrected chi connectivity index (χ4v) is 5.60. The first-order valence-corrected chi connectivity index (χ1v) is 13.5. The number of hydrogen-bond donors (Lipinski definition) is 3. The predicted octanol–water partition coefficient (Wildman–Crippen LogP) is 6.51. The Morgan fingerprint density at radius 1 is 1.00 bits per heavy atom. The molecule has 0 spiro atoms. The Balaban J connectivity index is 1.25. The van der Waals surface area contributed by atoms with Gasteiger partial charge in [0.05, 0.1) is 42.1 Å². The van der Waals surface area contributed by atoms with Crippen molar-refractivity contribution in [2.24, 2.45) is 5.92 Å². The summed E-state index contributed by atoms with van der Waals surface area (Å²) in [4.78, 5) is 29.5. The monoisotopic (exact) mass is 547 g/mol. The van der Waals surface area contributed by atoms with E-state index in [2.05, 4.69) is 35.5 Å². The number of fused-ring (bicyclic) bond motifs is 2. The molecule has 5 heterocycles. The van der Waals surface area contributed by atoms with Crippen LogP contribution in [0.5, 0.6) is 5.75 Å². The second kappa shape index (κ2) is 10.1. The van der Waals surface area contributed by atoms with Gasteiger partial charge in [-0.15, -0.1) is 0 Å². The number of aromatic amines is 2. The number of pyridine rings is 3. The number of nitrogens with zero attached hydrogens (tertiary/aromatic N) is 4. The fourth-order valence-electron chi connectivity index (χ4n) is 5.60. The quantitative estimate of drug-likeness (QED) is 0.219. The van der Waals surface area contributed by atoms with Crippen LogP contribution in [0.2, 0.25) is 0 Å². The number of hydrogen-bond acceptors (Lipinski definition) is 6. The molecule has 0 bridgehead atoms. The molecular formula is C31H26FN7O2. The maximum atomic E-state index is 14.3. The number of nitrogens with one attached hydrogen (secondary N) is 3. The van der Waals surface area contributed by atoms with Crippen molar-refractivity contribution in [2.75, 3.05) is 12.4 Å². The van der Waals surface area contributed by atoms with E-state index in [0.717, 1.165) is 58.8 Å². The Morgan fingerprint density at radius 3 is 2.73 bits per heavy atom. The molecule has 1 aliphatic rings. The minimum Gasteiger partial charge on any atom is -0.497 e. The topological polar surface area (TPSA) is 121 Å². The van der Waals surface area contributed by atoms with E-state index in [-0.39, 0.29) is 17.6 Å². The smallest absolute Gasteiger partial charge is 0.227 e. The first-order valence-electron chi connectivity index (χ1n) is 13.5. The fraction of sp³-hybridized carbons (Fsp3) is 0.194. The third-order valence-electron chi connectivity index (χ3n) is 7.68. The zero-order valence-corrected chi connectivity index (χ0v) is 22.2. The average molecular weight is 548 g/mol. The number of anilines is 1. The van der Waals surface area contributed by atoms with Crippen LogP contribution in [0.3, 0.4) is 0 Å². The molecule has 204 valence electrons. The first-order chi connectivity index (χ1) is 20.1. The minimum atomic E-state index is -0.380. The lowest BCUT2D eigenvalue weighted by molar-refractivity contribution is -0.119. The summed E-state index contributed by atoms with van der Waals surface area (Å²) in [5.74, 6) is 0.173. The van der Waals surface area contributed by atoms with Gasteiger partial charge in [-0.2, -0.15) is 5.10 Å². The number of amides is 1. The SMILES string of the molecule is COc1cc(F)cc(-c2ccnc3[nH]c(-c4n[nH]c5cnc(-c6cncc(NC(=O)C7CCCC7)c6)cc45)cc23)c1. The number of H-pyrrole nitrogens is 2. The number of ether oxygens (including phenoxy) is 1. The third-order valence-corrected chi connectivity index (χ3v) is 7.68. The van der Waals surface area contributed by atoms with Gasteiger partial charge in [-0.3, -0.25) is 19.9 Å². The number of carbonyl (C=O) groups excluding carboxylic acids is 1. The van der Waals surface area contributed by atoms with Crippen molar-refractivity contribution in [3.8, 4) is 39.5 Å². The van der Waals surface area contributed by atoms with Crippen LogP contribution >= 0.6 is 0 Å². The normalized spacial score (nSPS) is 13.7. The molecule has 6 aromatic rings. The average Bonchev–Trinajstić information content (AvgIpc) is 3.76. The number of benzene rings is 1. The number of rotatable bonds is 6. The van der Waals surface area contributed by atoms with Crippen LogP contribution in [0.25, 0.3) is 55.7 Å². The molecule has 1 amide bonds. The Labute approximate surface area is 234 Å². The van der Waals surface area contributed by atoms with Gasteiger partial charge in [0.25, 0.3) is 0 Å². The van der Waals surface area contributed by atoms with Crippen molar-refractivity contribution in [3.63, 3.8) is 0 Å². The highest BCUT2D eigenvalue weighted by atomic mass is 19.1. The summed E-state index contributed by atoms with van der Waals surface area (Å²) in [5, 5.41) is 12.3. The summed E-state index contributed by atoms with van der Waals surface area (Å²) in [6, 6.07) is 12.3. The molecule has 10 heteroatoms. The van der Waals surface area contributed by atoms with Gasteiger partial charge in [0.1, 0.15) is 22.9 Å². The molecule has 1 aliphatic carbocycles. The molecule has 1 fully saturated rings. The second-order valence-electron chi connectivity index (χ2n) is 10.3. The standard InChI is InChI=1S/C31H26FN7O2/c1-41-22-10-18(8-20(32)11-22)23-6-7-34-30-24(23)12-27(37-30)29-25-13-26(35-16-28(25)38-39-29)19-9-21(15-33-14-19)36-31(40)17-4-2-3-5-17/h6-17H,2-5H2,1H3,(H,34,37)(H,36,40)(H,38,39). The van der Waals surface area contributed by atoms with E-state index >= 15 is 0 Å². The van der Waals surface area contributed by atoms with Crippen molar-refractivity contribution in [1.29, 1.82) is 0 Å². The van der Waals surface area contributed by atoms with Gasteiger partial charge >= 0.3 is 0 Å². The molecule has 1 saturated carbocycles. The van der Waals surface area contributed by atoms with Crippen LogP contribution in [-0.2, 0) is 4.79 Å². The van der Waals surface area contributed by atoms with Crippen LogP contribution in [0.1, 0.15) is 25.7 Å². The van der Waals surface area contributed by atoms with Gasteiger partial charge in [-0.1, -0.05) is 12.8 Å². The molecule has 3 N–H and O–H groups in total. The molecule has 0 atom stereocenters. The highest BCUT2D eigenvalue weighted by Crippen LogP contribution is 2.35. The lowest BCUT2D eigenvalue weighted by Crippen LogP contribution is -2.20. The van der Waals surface area contributed by atoms with Crippen LogP contribution in [0, 0.1) is 11.7 Å². The van der Waals surface area contributed by atoms with E-state index in [1.165, 1.54) is 19.2 Å². The zero-order chi connectivity index (χ0) is 27.9. The molecule has 1 aromatic carbocycles. The molecular weight excluding hydrogens is 521 g/mol. The second-order valence-corrected chi connectivity index (χ2v) is 10.3. The molecule has 7 rings (SSSR count). The molecule has 41 heavy (non-hydrogen) atoms. The van der Waals surface area contributed by atoms with Crippen molar-refractivity contribution >= 4 is 33.5 Å². The molecule has 5 aromatic heterocycles. The molecule has 0 aliphatic heterocycles. The maximum absolute atomic E-state index is 14.3. The number of halogens is 1. The highest BCUT2D eigenvalue weighted by Gasteiger charge is 2.23. The summed E-state index contributed by atoms with van der Waals surface area (Å²) in [6.07, 6.45) is 10.9. The van der Waals surface area contributed by atoms with E-state index in [1.807, 2.05) is 24.3 Å². The van der Waals surface area contributed by atoms with Crippen LogP contribution in [0.4, 0.5) is 10.1 Å². The van der Waals surface area contributed by atoms with Gasteiger partial charge in [-0.25, -0.2) is 9.37 Å². The first kappa shape index (κ1) is 24.9. The Morgan fingerprint density at radius 2 is 1.88 bits per heavy atom. The van der Waals surface area contributed by atoms with Gasteiger partial charge in [0.15, 0.2) is 0 Å². The van der Waals surface area contributed by atoms with Crippen molar-refractivity contribution in [1.82, 2.24) is 30.1 Å². The zero-order valence-electron chi connectivity index (χ0n) is 22.2. The van der Waals surface area contributed by atoms with Crippen LogP contribution in [0.15, 0.2) is 67.3 Å². The Bertz CT molecular complexity index is 1920. The van der Waals surface area contributed by atoms with Gasteiger partial charge in [-0.05, 0) is 60.4 Å². The number of carbonyl (C=O) groups is 1. The summed E-state index contributed by atoms with van der Waals surface area (Å²) >= 11 is 0. The van der Waals surface area contributed by atoms with E-state index in [1.54, 1.807) is 30.9 Å². The molecule has 0 radical (unpaired) electrons. The Kier molecular flexibility index (Phi) is 6.15. The largest absolute Gasteiger partial charge is 0.497 e. The third kappa shape index (κ3) is 4.67. The van der Waals surface area contributed by atoms with Gasteiger partial charge in [0.2, 0.25) is 5.91 Å². The van der Waals surface area contributed by atoms with E-state index in [4.69, 9.17) is 4.74 Å². The summed E-state index contributed by atoms with van der Waals surface area (Å²) in [7, 11) is 1.51. The number of aromatic nitrogens is 6. The van der Waals surface area contributed by atoms with E-state index in [9.17, 15) is 9.18 Å². The minimum absolute atomic E-state index is 0.0467. The van der Waals surface area contributed by atoms with E-state index in [0.29, 0.717) is 34.0 Å². The van der Waals surface area contributed by atoms with E-state index < -0.39 is 0 Å². The molecule has 9 nitrogen and oxygen atoms in total. The predicted molar refractivity (Wildman–Crippen MR) is 155 cm³/mol. The lowest BCUT2D eigenvalue weighted by Gasteiger charge is -2.11. The van der Waals surface area contributed by atoms with Crippen LogP contribution in [-0.4, -0.2) is 43.2 Å². The summed E-state index contributed by atoms with van der Waals surface area (Å²) < 4.78 is 19.6. The lowest BCUT2D eigenvalue weighted by atomic mass is 10.0. The van der Waals surface area contributed by atoms with Crippen molar-refractivity contribution in [3.05, 3.63) is 73.1 Å². The summed E-state index contributed by atoms with van der Waals surface area (Å²) in [6.45, 7) is 0. The summed E-state index contributed by atoms with van der Waals surface area (Å²) in [5.41, 5.74) is 6.51. The van der Waals surface area contributed by atoms with Gasteiger partial charge in [0, 0.05) is 40.7 Å². The maximum Gasteiger partial charge on any atom is 0.227 e. The number of methoxy groups -OCH3 is 1. The van der Waals surface area contributed by atoms with Crippen molar-refractivity contribution < 1.29 is 13.9 Å².